The Bertz CT molecular complexity index is 830. The van der Waals surface area contributed by atoms with Gasteiger partial charge < -0.3 is 14.8 Å². The molecular formula is C16H21N3O5S. The maximum Gasteiger partial charge on any atom is 0.345 e. The standard InChI is InChI=1S/C16H21N3O5S/c1-5-8-17-16(20)13-10-12(18-25(21,22)19(13)2)11-6-7-14(23-3)15(9-11)24-4/h6-7,9-10H,5,8H2,1-4H3,(H,17,20). The van der Waals surface area contributed by atoms with Crippen LogP contribution in [0.4, 0.5) is 0 Å². The molecule has 1 amide bonds. The number of nitrogens with one attached hydrogen (secondary N) is 1. The second-order valence-corrected chi connectivity index (χ2v) is 6.90. The fourth-order valence-electron chi connectivity index (χ4n) is 2.23. The summed E-state index contributed by atoms with van der Waals surface area (Å²) < 4.78 is 39.6. The lowest BCUT2D eigenvalue weighted by Gasteiger charge is -2.23. The number of methoxy groups -OCH3 is 2. The highest BCUT2D eigenvalue weighted by Crippen LogP contribution is 2.29. The van der Waals surface area contributed by atoms with Gasteiger partial charge in [-0.25, -0.2) is 4.31 Å². The van der Waals surface area contributed by atoms with Gasteiger partial charge in [0.2, 0.25) is 0 Å². The van der Waals surface area contributed by atoms with E-state index in [1.807, 2.05) is 6.92 Å². The summed E-state index contributed by atoms with van der Waals surface area (Å²) in [5, 5.41) is 2.67. The van der Waals surface area contributed by atoms with Gasteiger partial charge in [-0.1, -0.05) is 6.92 Å². The van der Waals surface area contributed by atoms with Crippen molar-refractivity contribution in [3.05, 3.63) is 35.5 Å². The van der Waals surface area contributed by atoms with E-state index in [-0.39, 0.29) is 11.4 Å². The Morgan fingerprint density at radius 3 is 2.52 bits per heavy atom. The minimum atomic E-state index is -3.99. The van der Waals surface area contributed by atoms with Crippen LogP contribution in [0.2, 0.25) is 0 Å². The fraction of sp³-hybridized carbons (Fsp3) is 0.375. The van der Waals surface area contributed by atoms with Crippen LogP contribution in [-0.2, 0) is 15.0 Å². The Morgan fingerprint density at radius 2 is 1.92 bits per heavy atom. The number of rotatable bonds is 6. The maximum atomic E-state index is 12.3. The minimum absolute atomic E-state index is 0.00762. The number of allylic oxidation sites excluding steroid dienone is 1. The zero-order valence-electron chi connectivity index (χ0n) is 14.6. The van der Waals surface area contributed by atoms with E-state index in [1.165, 1.54) is 27.3 Å². The van der Waals surface area contributed by atoms with Gasteiger partial charge in [0, 0.05) is 19.2 Å². The Hall–Kier alpha value is -2.55. The van der Waals surface area contributed by atoms with Gasteiger partial charge in [0.1, 0.15) is 5.70 Å². The normalized spacial score (nSPS) is 15.9. The molecule has 0 saturated heterocycles. The van der Waals surface area contributed by atoms with Gasteiger partial charge in [0.05, 0.1) is 19.9 Å². The second-order valence-electron chi connectivity index (χ2n) is 5.28. The van der Waals surface area contributed by atoms with Gasteiger partial charge in [0.25, 0.3) is 5.91 Å². The molecule has 0 atom stereocenters. The molecule has 0 saturated carbocycles. The van der Waals surface area contributed by atoms with Crippen LogP contribution in [0.15, 0.2) is 34.4 Å². The highest BCUT2D eigenvalue weighted by Gasteiger charge is 2.30. The Balaban J connectivity index is 2.49. The van der Waals surface area contributed by atoms with Gasteiger partial charge in [-0.3, -0.25) is 4.79 Å². The second kappa shape index (κ2) is 7.56. The molecule has 1 aromatic carbocycles. The van der Waals surface area contributed by atoms with Crippen molar-refractivity contribution >= 4 is 21.8 Å². The smallest absolute Gasteiger partial charge is 0.345 e. The topological polar surface area (TPSA) is 97.3 Å². The molecule has 1 aliphatic heterocycles. The summed E-state index contributed by atoms with van der Waals surface area (Å²) in [6, 6.07) is 4.90. The van der Waals surface area contributed by atoms with E-state index in [2.05, 4.69) is 9.71 Å². The van der Waals surface area contributed by atoms with Crippen LogP contribution in [0, 0.1) is 0 Å². The summed E-state index contributed by atoms with van der Waals surface area (Å²) in [5.74, 6) is 0.470. The van der Waals surface area contributed by atoms with Crippen molar-refractivity contribution in [3.63, 3.8) is 0 Å². The molecule has 0 fully saturated rings. The summed E-state index contributed by atoms with van der Waals surface area (Å²) in [6.07, 6.45) is 2.18. The predicted molar refractivity (Wildman–Crippen MR) is 94.1 cm³/mol. The van der Waals surface area contributed by atoms with Crippen LogP contribution in [0.5, 0.6) is 11.5 Å². The zero-order chi connectivity index (χ0) is 18.6. The lowest BCUT2D eigenvalue weighted by Crippen LogP contribution is -2.38. The van der Waals surface area contributed by atoms with Gasteiger partial charge in [-0.15, -0.1) is 4.40 Å². The summed E-state index contributed by atoms with van der Waals surface area (Å²) >= 11 is 0. The number of nitrogens with zero attached hydrogens (tertiary/aromatic N) is 2. The molecule has 2 rings (SSSR count). The highest BCUT2D eigenvalue weighted by molar-refractivity contribution is 7.88. The summed E-state index contributed by atoms with van der Waals surface area (Å²) in [5.41, 5.74) is 0.657. The minimum Gasteiger partial charge on any atom is -0.493 e. The predicted octanol–water partition coefficient (Wildman–Crippen LogP) is 1.09. The fourth-order valence-corrected chi connectivity index (χ4v) is 3.14. The SMILES string of the molecule is CCCNC(=O)C1=CC(c2ccc(OC)c(OC)c2)=NS(=O)(=O)N1C. The van der Waals surface area contributed by atoms with Crippen LogP contribution < -0.4 is 14.8 Å². The molecule has 0 spiro atoms. The molecule has 0 bridgehead atoms. The van der Waals surface area contributed by atoms with Crippen LogP contribution >= 0.6 is 0 Å². The monoisotopic (exact) mass is 367 g/mol. The Morgan fingerprint density at radius 1 is 1.24 bits per heavy atom. The van der Waals surface area contributed by atoms with Gasteiger partial charge in [-0.2, -0.15) is 8.42 Å². The van der Waals surface area contributed by atoms with Crippen molar-refractivity contribution in [1.29, 1.82) is 0 Å². The summed E-state index contributed by atoms with van der Waals surface area (Å²) in [4.78, 5) is 12.3. The maximum absolute atomic E-state index is 12.3. The molecule has 0 unspecified atom stereocenters. The molecule has 8 nitrogen and oxygen atoms in total. The third-order valence-electron chi connectivity index (χ3n) is 3.62. The number of likely N-dealkylation sites (N-methyl/N-ethyl adjacent to an activating group) is 1. The first-order valence-electron chi connectivity index (χ1n) is 7.65. The first-order chi connectivity index (χ1) is 11.8. The summed E-state index contributed by atoms with van der Waals surface area (Å²) in [7, 11) is 0.286. The van der Waals surface area contributed by atoms with E-state index in [1.54, 1.807) is 18.2 Å². The molecule has 9 heteroatoms. The molecule has 136 valence electrons. The van der Waals surface area contributed by atoms with Crippen LogP contribution in [0.3, 0.4) is 0 Å². The molecule has 0 aliphatic carbocycles. The van der Waals surface area contributed by atoms with Crippen molar-refractivity contribution in [2.24, 2.45) is 4.40 Å². The van der Waals surface area contributed by atoms with Crippen molar-refractivity contribution in [2.75, 3.05) is 27.8 Å². The largest absolute Gasteiger partial charge is 0.493 e. The number of hydrogen-bond donors (Lipinski definition) is 1. The van der Waals surface area contributed by atoms with Crippen molar-refractivity contribution < 1.29 is 22.7 Å². The van der Waals surface area contributed by atoms with Crippen molar-refractivity contribution in [2.45, 2.75) is 13.3 Å². The Kier molecular flexibility index (Phi) is 5.68. The Labute approximate surface area is 147 Å². The molecule has 1 N–H and O–H groups in total. The molecule has 25 heavy (non-hydrogen) atoms. The van der Waals surface area contributed by atoms with Crippen LogP contribution in [-0.4, -0.2) is 52.2 Å². The third kappa shape index (κ3) is 3.93. The van der Waals surface area contributed by atoms with E-state index >= 15 is 0 Å². The summed E-state index contributed by atoms with van der Waals surface area (Å²) in [6.45, 7) is 2.36. The quantitative estimate of drug-likeness (QED) is 0.812. The van der Waals surface area contributed by atoms with E-state index < -0.39 is 16.1 Å². The third-order valence-corrected chi connectivity index (χ3v) is 4.94. The van der Waals surface area contributed by atoms with Gasteiger partial charge >= 0.3 is 10.2 Å². The number of carbonyl (C=O) groups is 1. The number of carbonyl (C=O) groups excluding carboxylic acids is 1. The first-order valence-corrected chi connectivity index (χ1v) is 9.04. The molecule has 1 aromatic rings. The van der Waals surface area contributed by atoms with Crippen LogP contribution in [0.1, 0.15) is 18.9 Å². The average Bonchev–Trinajstić information content (AvgIpc) is 2.60. The van der Waals surface area contributed by atoms with Crippen LogP contribution in [0.25, 0.3) is 0 Å². The van der Waals surface area contributed by atoms with E-state index in [0.29, 0.717) is 23.6 Å². The lowest BCUT2D eigenvalue weighted by molar-refractivity contribution is -0.118. The molecule has 1 heterocycles. The van der Waals surface area contributed by atoms with E-state index in [9.17, 15) is 13.2 Å². The molecular weight excluding hydrogens is 346 g/mol. The number of benzene rings is 1. The molecule has 1 aliphatic rings. The van der Waals surface area contributed by atoms with E-state index in [4.69, 9.17) is 9.47 Å². The van der Waals surface area contributed by atoms with Gasteiger partial charge in [0.15, 0.2) is 11.5 Å². The number of amides is 1. The average molecular weight is 367 g/mol. The van der Waals surface area contributed by atoms with Gasteiger partial charge in [-0.05, 0) is 30.7 Å². The molecule has 0 radical (unpaired) electrons. The lowest BCUT2D eigenvalue weighted by atomic mass is 10.1. The number of hydrogen-bond acceptors (Lipinski definition) is 5. The highest BCUT2D eigenvalue weighted by atomic mass is 32.2. The zero-order valence-corrected chi connectivity index (χ0v) is 15.4. The van der Waals surface area contributed by atoms with E-state index in [0.717, 1.165) is 10.7 Å². The molecule has 0 aromatic heterocycles. The first kappa shape index (κ1) is 18.8. The number of ether oxygens (including phenoxy) is 2. The van der Waals surface area contributed by atoms with Crippen molar-refractivity contribution in [3.8, 4) is 11.5 Å². The van der Waals surface area contributed by atoms with Crippen molar-refractivity contribution in [1.82, 2.24) is 9.62 Å².